The number of aromatic nitrogens is 4. The second-order valence-electron chi connectivity index (χ2n) is 13.2. The van der Waals surface area contributed by atoms with Crippen LogP contribution in [-0.4, -0.2) is 18.5 Å². The summed E-state index contributed by atoms with van der Waals surface area (Å²) in [6.45, 7) is 0. The molecule has 0 radical (unpaired) electrons. The van der Waals surface area contributed by atoms with E-state index in [4.69, 9.17) is 4.98 Å². The van der Waals surface area contributed by atoms with Crippen molar-refractivity contribution >= 4 is 92.6 Å². The minimum atomic E-state index is 0.973. The van der Waals surface area contributed by atoms with Crippen molar-refractivity contribution < 1.29 is 0 Å². The van der Waals surface area contributed by atoms with Crippen LogP contribution in [0, 0.1) is 0 Å². The molecule has 0 saturated carbocycles. The fourth-order valence-corrected chi connectivity index (χ4v) is 8.83. The Bertz CT molecular complexity index is 3270. The average Bonchev–Trinajstić information content (AvgIpc) is 3.89. The van der Waals surface area contributed by atoms with Gasteiger partial charge < -0.3 is 8.97 Å². The molecule has 0 atom stereocenters. The zero-order valence-electron chi connectivity index (χ0n) is 26.3. The molecule has 4 heteroatoms. The van der Waals surface area contributed by atoms with Crippen LogP contribution in [0.2, 0.25) is 0 Å². The maximum atomic E-state index is 4.82. The second kappa shape index (κ2) is 9.03. The standard InChI is InChI=1S/C45H26N4/c1-2-11-30-27(10-1)19-24-35-41-43-36(26-37-33-14-5-8-18-40(33)49(42(30)35)44(37)41)32-13-4-6-16-38(32)47(43)28-20-22-29(23-21-28)48-39-17-7-3-12-31(39)34-15-9-25-46-45(34)48/h1-26H. The van der Waals surface area contributed by atoms with Gasteiger partial charge in [-0.3, -0.25) is 4.57 Å². The predicted molar refractivity (Wildman–Crippen MR) is 205 cm³/mol. The maximum absolute atomic E-state index is 4.82. The number of rotatable bonds is 2. The summed E-state index contributed by atoms with van der Waals surface area (Å²) in [5.74, 6) is 0. The molecule has 0 aliphatic rings. The van der Waals surface area contributed by atoms with Crippen molar-refractivity contribution in [2.24, 2.45) is 0 Å². The Kier molecular flexibility index (Phi) is 4.69. The molecule has 0 aliphatic carbocycles. The molecule has 4 nitrogen and oxygen atoms in total. The van der Waals surface area contributed by atoms with Gasteiger partial charge in [0.25, 0.3) is 0 Å². The highest BCUT2D eigenvalue weighted by atomic mass is 15.0. The van der Waals surface area contributed by atoms with Crippen LogP contribution in [0.25, 0.3) is 104 Å². The van der Waals surface area contributed by atoms with Crippen LogP contribution in [-0.2, 0) is 0 Å². The van der Waals surface area contributed by atoms with E-state index in [2.05, 4.69) is 159 Å². The van der Waals surface area contributed by atoms with Crippen molar-refractivity contribution in [3.63, 3.8) is 0 Å². The second-order valence-corrected chi connectivity index (χ2v) is 13.2. The van der Waals surface area contributed by atoms with Gasteiger partial charge in [-0.25, -0.2) is 4.98 Å². The fourth-order valence-electron chi connectivity index (χ4n) is 8.83. The molecule has 0 aliphatic heterocycles. The van der Waals surface area contributed by atoms with E-state index in [0.29, 0.717) is 0 Å². The smallest absolute Gasteiger partial charge is 0.145 e. The van der Waals surface area contributed by atoms with E-state index in [-0.39, 0.29) is 0 Å². The van der Waals surface area contributed by atoms with Gasteiger partial charge in [0.05, 0.1) is 33.1 Å². The van der Waals surface area contributed by atoms with Crippen LogP contribution in [0.4, 0.5) is 0 Å². The van der Waals surface area contributed by atoms with Gasteiger partial charge in [0.15, 0.2) is 0 Å². The van der Waals surface area contributed by atoms with E-state index in [1.54, 1.807) is 0 Å². The number of para-hydroxylation sites is 3. The number of hydrogen-bond donors (Lipinski definition) is 0. The average molecular weight is 623 g/mol. The molecular formula is C45H26N4. The van der Waals surface area contributed by atoms with Gasteiger partial charge in [0.2, 0.25) is 0 Å². The van der Waals surface area contributed by atoms with Gasteiger partial charge in [-0.2, -0.15) is 0 Å². The van der Waals surface area contributed by atoms with Crippen LogP contribution in [0.1, 0.15) is 0 Å². The van der Waals surface area contributed by atoms with Crippen LogP contribution in [0.15, 0.2) is 158 Å². The van der Waals surface area contributed by atoms with Crippen LogP contribution >= 0.6 is 0 Å². The molecule has 12 aromatic rings. The molecule has 0 unspecified atom stereocenters. The van der Waals surface area contributed by atoms with Crippen molar-refractivity contribution in [3.05, 3.63) is 158 Å². The lowest BCUT2D eigenvalue weighted by atomic mass is 10.0. The van der Waals surface area contributed by atoms with E-state index >= 15 is 0 Å². The minimum absolute atomic E-state index is 0.973. The topological polar surface area (TPSA) is 27.2 Å². The quantitative estimate of drug-likeness (QED) is 0.188. The van der Waals surface area contributed by atoms with Crippen molar-refractivity contribution in [2.75, 3.05) is 0 Å². The number of pyridine rings is 1. The normalized spacial score (nSPS) is 12.5. The first-order valence-electron chi connectivity index (χ1n) is 16.8. The predicted octanol–water partition coefficient (Wildman–Crippen LogP) is 11.6. The Morgan fingerprint density at radius 1 is 0.367 bits per heavy atom. The lowest BCUT2D eigenvalue weighted by Crippen LogP contribution is -1.98. The molecule has 5 aromatic heterocycles. The summed E-state index contributed by atoms with van der Waals surface area (Å²) < 4.78 is 7.29. The number of fused-ring (bicyclic) bond motifs is 15. The molecule has 0 bridgehead atoms. The summed E-state index contributed by atoms with van der Waals surface area (Å²) in [5.41, 5.74) is 10.6. The van der Waals surface area contributed by atoms with E-state index in [1.165, 1.54) is 81.4 Å². The van der Waals surface area contributed by atoms with E-state index < -0.39 is 0 Å². The summed E-state index contributed by atoms with van der Waals surface area (Å²) in [6.07, 6.45) is 1.88. The Morgan fingerprint density at radius 2 is 0.939 bits per heavy atom. The summed E-state index contributed by atoms with van der Waals surface area (Å²) in [4.78, 5) is 4.82. The van der Waals surface area contributed by atoms with Gasteiger partial charge in [0.1, 0.15) is 5.65 Å². The molecule has 7 aromatic carbocycles. The lowest BCUT2D eigenvalue weighted by molar-refractivity contribution is 1.12. The molecule has 226 valence electrons. The van der Waals surface area contributed by atoms with Crippen molar-refractivity contribution in [2.45, 2.75) is 0 Å². The first kappa shape index (κ1) is 25.4. The monoisotopic (exact) mass is 622 g/mol. The van der Waals surface area contributed by atoms with Crippen molar-refractivity contribution in [3.8, 4) is 11.4 Å². The largest absolute Gasteiger partial charge is 0.309 e. The molecule has 5 heterocycles. The molecule has 49 heavy (non-hydrogen) atoms. The number of nitrogens with zero attached hydrogens (tertiary/aromatic N) is 4. The van der Waals surface area contributed by atoms with Gasteiger partial charge in [0, 0.05) is 66.0 Å². The molecule has 12 rings (SSSR count). The van der Waals surface area contributed by atoms with Gasteiger partial charge in [-0.1, -0.05) is 91.0 Å². The van der Waals surface area contributed by atoms with Gasteiger partial charge in [-0.15, -0.1) is 0 Å². The molecule has 0 saturated heterocycles. The van der Waals surface area contributed by atoms with E-state index in [0.717, 1.165) is 22.5 Å². The zero-order chi connectivity index (χ0) is 31.8. The van der Waals surface area contributed by atoms with Crippen LogP contribution in [0.5, 0.6) is 0 Å². The lowest BCUT2D eigenvalue weighted by Gasteiger charge is -2.12. The third-order valence-corrected chi connectivity index (χ3v) is 10.8. The summed E-state index contributed by atoms with van der Waals surface area (Å²) in [7, 11) is 0. The summed E-state index contributed by atoms with van der Waals surface area (Å²) >= 11 is 0. The Labute approximate surface area is 279 Å². The van der Waals surface area contributed by atoms with Crippen LogP contribution < -0.4 is 0 Å². The van der Waals surface area contributed by atoms with Gasteiger partial charge in [-0.05, 0) is 66.0 Å². The molecule has 0 N–H and O–H groups in total. The summed E-state index contributed by atoms with van der Waals surface area (Å²) in [5, 5.41) is 12.6. The molecular weight excluding hydrogens is 597 g/mol. The third-order valence-electron chi connectivity index (χ3n) is 10.8. The Hall–Kier alpha value is -6.65. The Balaban J connectivity index is 1.22. The highest BCUT2D eigenvalue weighted by Gasteiger charge is 2.25. The van der Waals surface area contributed by atoms with E-state index in [9.17, 15) is 0 Å². The number of hydrogen-bond acceptors (Lipinski definition) is 1. The molecule has 0 fully saturated rings. The highest BCUT2D eigenvalue weighted by Crippen LogP contribution is 2.47. The minimum Gasteiger partial charge on any atom is -0.309 e. The third kappa shape index (κ3) is 3.12. The Morgan fingerprint density at radius 3 is 1.71 bits per heavy atom. The first-order chi connectivity index (χ1) is 24.3. The van der Waals surface area contributed by atoms with Crippen molar-refractivity contribution in [1.29, 1.82) is 0 Å². The van der Waals surface area contributed by atoms with E-state index in [1.807, 2.05) is 12.3 Å². The number of benzene rings is 7. The summed E-state index contributed by atoms with van der Waals surface area (Å²) in [6, 6.07) is 55.4. The molecule has 0 spiro atoms. The van der Waals surface area contributed by atoms with Crippen LogP contribution in [0.3, 0.4) is 0 Å². The highest BCUT2D eigenvalue weighted by molar-refractivity contribution is 6.36. The van der Waals surface area contributed by atoms with Crippen molar-refractivity contribution in [1.82, 2.24) is 18.5 Å². The maximum Gasteiger partial charge on any atom is 0.145 e. The first-order valence-corrected chi connectivity index (χ1v) is 16.8. The zero-order valence-corrected chi connectivity index (χ0v) is 26.3. The fraction of sp³-hybridized carbons (Fsp3) is 0. The molecule has 0 amide bonds. The SMILES string of the molecule is c1ccc2c(c1)ccc1c3c4c(cc5c6ccccc6n(c21)c53)c1ccccc1n4-c1ccc(-n2c3ccccc3c3cccnc32)cc1. The van der Waals surface area contributed by atoms with Gasteiger partial charge >= 0.3 is 0 Å².